The lowest BCUT2D eigenvalue weighted by atomic mass is 9.99. The maximum Gasteiger partial charge on any atom is 0.0501 e. The second-order valence-corrected chi connectivity index (χ2v) is 4.65. The normalized spacial score (nSPS) is 15.3. The minimum Gasteiger partial charge on any atom is -0.255 e. The van der Waals surface area contributed by atoms with E-state index in [1.807, 2.05) is 18.2 Å². The summed E-state index contributed by atoms with van der Waals surface area (Å²) in [6.07, 6.45) is 2.83. The molecule has 2 heteroatoms. The minimum atomic E-state index is -0.863. The number of rotatable bonds is 3. The second kappa shape index (κ2) is 4.56. The highest BCUT2D eigenvalue weighted by molar-refractivity contribution is 7.84. The van der Waals surface area contributed by atoms with Crippen molar-refractivity contribution >= 4 is 10.8 Å². The van der Waals surface area contributed by atoms with E-state index in [0.717, 1.165) is 11.3 Å². The summed E-state index contributed by atoms with van der Waals surface area (Å²) in [5.74, 6) is 0.500. The number of benzene rings is 1. The fraction of sp³-hybridized carbons (Fsp3) is 0.455. The van der Waals surface area contributed by atoms with Gasteiger partial charge in [0.1, 0.15) is 0 Å². The molecule has 72 valence electrons. The van der Waals surface area contributed by atoms with Crippen LogP contribution in [0.15, 0.2) is 29.2 Å². The monoisotopic (exact) mass is 196 g/mol. The molecule has 1 aromatic rings. The SMILES string of the molecule is CCC(C)c1ccccc1S(C)=O. The first kappa shape index (κ1) is 10.5. The highest BCUT2D eigenvalue weighted by Crippen LogP contribution is 2.24. The lowest BCUT2D eigenvalue weighted by Crippen LogP contribution is -1.99. The molecule has 0 saturated carbocycles. The molecule has 0 bridgehead atoms. The Labute approximate surface area is 82.6 Å². The van der Waals surface area contributed by atoms with E-state index in [-0.39, 0.29) is 0 Å². The topological polar surface area (TPSA) is 17.1 Å². The van der Waals surface area contributed by atoms with E-state index in [1.54, 1.807) is 6.26 Å². The Morgan fingerprint density at radius 1 is 1.38 bits per heavy atom. The van der Waals surface area contributed by atoms with Crippen LogP contribution in [-0.4, -0.2) is 10.5 Å². The summed E-state index contributed by atoms with van der Waals surface area (Å²) in [6.45, 7) is 4.33. The molecule has 0 amide bonds. The van der Waals surface area contributed by atoms with Crippen LogP contribution in [0.25, 0.3) is 0 Å². The van der Waals surface area contributed by atoms with Crippen LogP contribution in [0.2, 0.25) is 0 Å². The first-order valence-electron chi connectivity index (χ1n) is 4.59. The maximum absolute atomic E-state index is 11.4. The van der Waals surface area contributed by atoms with Crippen molar-refractivity contribution in [3.63, 3.8) is 0 Å². The summed E-state index contributed by atoms with van der Waals surface area (Å²) >= 11 is 0. The van der Waals surface area contributed by atoms with Gasteiger partial charge < -0.3 is 0 Å². The third kappa shape index (κ3) is 2.41. The Morgan fingerprint density at radius 2 is 2.00 bits per heavy atom. The summed E-state index contributed by atoms with van der Waals surface area (Å²) in [7, 11) is -0.863. The van der Waals surface area contributed by atoms with Crippen LogP contribution in [0.5, 0.6) is 0 Å². The van der Waals surface area contributed by atoms with E-state index in [0.29, 0.717) is 5.92 Å². The average Bonchev–Trinajstić information content (AvgIpc) is 2.16. The first-order valence-corrected chi connectivity index (χ1v) is 6.15. The van der Waals surface area contributed by atoms with Crippen molar-refractivity contribution in [1.82, 2.24) is 0 Å². The van der Waals surface area contributed by atoms with Gasteiger partial charge in [0.15, 0.2) is 0 Å². The van der Waals surface area contributed by atoms with Crippen LogP contribution >= 0.6 is 0 Å². The molecular formula is C11H16OS. The summed E-state index contributed by atoms with van der Waals surface area (Å²) in [5.41, 5.74) is 1.23. The quantitative estimate of drug-likeness (QED) is 0.726. The molecule has 0 spiro atoms. The standard InChI is InChI=1S/C11H16OS/c1-4-9(2)10-7-5-6-8-11(10)13(3)12/h5-9H,4H2,1-3H3. The van der Waals surface area contributed by atoms with Crippen molar-refractivity contribution in [3.8, 4) is 0 Å². The predicted molar refractivity (Wildman–Crippen MR) is 57.5 cm³/mol. The minimum absolute atomic E-state index is 0.500. The van der Waals surface area contributed by atoms with Gasteiger partial charge in [0.25, 0.3) is 0 Å². The molecule has 0 aliphatic heterocycles. The summed E-state index contributed by atoms with van der Waals surface area (Å²) < 4.78 is 11.4. The van der Waals surface area contributed by atoms with Crippen LogP contribution in [-0.2, 0) is 10.8 Å². The number of hydrogen-bond acceptors (Lipinski definition) is 1. The largest absolute Gasteiger partial charge is 0.255 e. The van der Waals surface area contributed by atoms with Crippen molar-refractivity contribution in [2.75, 3.05) is 6.26 Å². The Balaban J connectivity index is 3.11. The zero-order valence-electron chi connectivity index (χ0n) is 8.41. The molecule has 0 aromatic heterocycles. The van der Waals surface area contributed by atoms with Gasteiger partial charge in [-0.25, -0.2) is 0 Å². The van der Waals surface area contributed by atoms with Crippen molar-refractivity contribution in [3.05, 3.63) is 29.8 Å². The highest BCUT2D eigenvalue weighted by atomic mass is 32.2. The summed E-state index contributed by atoms with van der Waals surface area (Å²) in [5, 5.41) is 0. The average molecular weight is 196 g/mol. The smallest absolute Gasteiger partial charge is 0.0501 e. The van der Waals surface area contributed by atoms with Crippen LogP contribution in [0.4, 0.5) is 0 Å². The third-order valence-electron chi connectivity index (χ3n) is 2.37. The second-order valence-electron chi connectivity index (χ2n) is 3.30. The molecule has 0 aliphatic rings. The zero-order valence-corrected chi connectivity index (χ0v) is 9.23. The van der Waals surface area contributed by atoms with E-state index < -0.39 is 10.8 Å². The molecule has 2 unspecified atom stereocenters. The molecule has 2 atom stereocenters. The van der Waals surface area contributed by atoms with Crippen LogP contribution in [0, 0.1) is 0 Å². The molecule has 0 aliphatic carbocycles. The molecule has 1 nitrogen and oxygen atoms in total. The number of hydrogen-bond donors (Lipinski definition) is 0. The zero-order chi connectivity index (χ0) is 9.84. The van der Waals surface area contributed by atoms with E-state index in [9.17, 15) is 4.21 Å². The van der Waals surface area contributed by atoms with Gasteiger partial charge in [-0.1, -0.05) is 32.0 Å². The van der Waals surface area contributed by atoms with E-state index in [4.69, 9.17) is 0 Å². The van der Waals surface area contributed by atoms with Gasteiger partial charge in [0, 0.05) is 11.2 Å². The molecule has 1 rings (SSSR count). The van der Waals surface area contributed by atoms with Gasteiger partial charge in [-0.2, -0.15) is 0 Å². The molecule has 0 N–H and O–H groups in total. The van der Waals surface area contributed by atoms with Crippen molar-refractivity contribution in [2.45, 2.75) is 31.1 Å². The Kier molecular flexibility index (Phi) is 3.67. The third-order valence-corrected chi connectivity index (χ3v) is 3.36. The van der Waals surface area contributed by atoms with E-state index in [2.05, 4.69) is 19.9 Å². The molecule has 1 aromatic carbocycles. The molecule has 0 fully saturated rings. The van der Waals surface area contributed by atoms with Gasteiger partial charge in [0.05, 0.1) is 10.8 Å². The van der Waals surface area contributed by atoms with Crippen molar-refractivity contribution in [1.29, 1.82) is 0 Å². The van der Waals surface area contributed by atoms with Gasteiger partial charge in [-0.05, 0) is 24.0 Å². The van der Waals surface area contributed by atoms with Crippen LogP contribution in [0.3, 0.4) is 0 Å². The predicted octanol–water partition coefficient (Wildman–Crippen LogP) is 2.94. The Hall–Kier alpha value is -0.630. The fourth-order valence-electron chi connectivity index (χ4n) is 1.37. The maximum atomic E-state index is 11.4. The first-order chi connectivity index (χ1) is 6.16. The molecule has 0 radical (unpaired) electrons. The lowest BCUT2D eigenvalue weighted by molar-refractivity contribution is 0.679. The summed E-state index contributed by atoms with van der Waals surface area (Å²) in [4.78, 5) is 0.983. The van der Waals surface area contributed by atoms with E-state index in [1.165, 1.54) is 5.56 Å². The Morgan fingerprint density at radius 3 is 2.54 bits per heavy atom. The molecule has 13 heavy (non-hydrogen) atoms. The van der Waals surface area contributed by atoms with Gasteiger partial charge in [0.2, 0.25) is 0 Å². The highest BCUT2D eigenvalue weighted by Gasteiger charge is 2.09. The van der Waals surface area contributed by atoms with Gasteiger partial charge in [-0.15, -0.1) is 0 Å². The van der Waals surface area contributed by atoms with Crippen LogP contribution < -0.4 is 0 Å². The molecule has 0 saturated heterocycles. The summed E-state index contributed by atoms with van der Waals surface area (Å²) in [6, 6.07) is 7.99. The van der Waals surface area contributed by atoms with Gasteiger partial charge in [-0.3, -0.25) is 4.21 Å². The van der Waals surface area contributed by atoms with Crippen molar-refractivity contribution in [2.24, 2.45) is 0 Å². The van der Waals surface area contributed by atoms with Crippen LogP contribution in [0.1, 0.15) is 31.7 Å². The molecule has 0 heterocycles. The van der Waals surface area contributed by atoms with Crippen molar-refractivity contribution < 1.29 is 4.21 Å². The van der Waals surface area contributed by atoms with Gasteiger partial charge >= 0.3 is 0 Å². The Bertz CT molecular complexity index is 307. The molecular weight excluding hydrogens is 180 g/mol. The lowest BCUT2D eigenvalue weighted by Gasteiger charge is -2.12. The van der Waals surface area contributed by atoms with E-state index >= 15 is 0 Å². The fourth-order valence-corrected chi connectivity index (χ4v) is 2.24.